The van der Waals surface area contributed by atoms with E-state index in [2.05, 4.69) is 5.32 Å². The van der Waals surface area contributed by atoms with Crippen molar-refractivity contribution in [1.82, 2.24) is 10.6 Å². The zero-order chi connectivity index (χ0) is 11.1. The predicted molar refractivity (Wildman–Crippen MR) is 54.1 cm³/mol. The summed E-state index contributed by atoms with van der Waals surface area (Å²) in [6.07, 6.45) is 1.58. The minimum Gasteiger partial charge on any atom is -0.351 e. The second-order valence-electron chi connectivity index (χ2n) is 2.81. The molecular formula is C7H15N3O3S. The number of nitrogens with two attached hydrogens (primary N) is 1. The maximum atomic E-state index is 11.1. The summed E-state index contributed by atoms with van der Waals surface area (Å²) in [5.41, 5.74) is 4.76. The number of carbonyl (C=O) groups excluding carboxylic acids is 2. The Bertz CT molecular complexity index is 244. The van der Waals surface area contributed by atoms with E-state index in [1.165, 1.54) is 0 Å². The molecule has 3 amide bonds. The molecule has 82 valence electrons. The van der Waals surface area contributed by atoms with Crippen LogP contribution in [0.4, 0.5) is 4.79 Å². The van der Waals surface area contributed by atoms with E-state index in [1.54, 1.807) is 13.2 Å². The molecule has 7 heteroatoms. The lowest BCUT2D eigenvalue weighted by Crippen LogP contribution is -2.47. The van der Waals surface area contributed by atoms with Gasteiger partial charge < -0.3 is 11.1 Å². The van der Waals surface area contributed by atoms with Crippen molar-refractivity contribution >= 4 is 22.7 Å². The quantitative estimate of drug-likeness (QED) is 0.528. The van der Waals surface area contributed by atoms with Crippen LogP contribution in [0, 0.1) is 0 Å². The fourth-order valence-corrected chi connectivity index (χ4v) is 1.15. The average molecular weight is 221 g/mol. The number of carbonyl (C=O) groups is 2. The number of nitrogens with one attached hydrogen (secondary N) is 2. The van der Waals surface area contributed by atoms with E-state index < -0.39 is 28.8 Å². The van der Waals surface area contributed by atoms with Gasteiger partial charge in [-0.05, 0) is 6.92 Å². The molecule has 0 aromatic rings. The summed E-state index contributed by atoms with van der Waals surface area (Å²) in [4.78, 5) is 21.4. The Morgan fingerprint density at radius 1 is 1.50 bits per heavy atom. The fraction of sp³-hybridized carbons (Fsp3) is 0.714. The van der Waals surface area contributed by atoms with Crippen LogP contribution in [0.15, 0.2) is 0 Å². The largest absolute Gasteiger partial charge is 0.351 e. The molecule has 0 spiro atoms. The van der Waals surface area contributed by atoms with Crippen LogP contribution in [0.2, 0.25) is 0 Å². The van der Waals surface area contributed by atoms with Gasteiger partial charge in [0.2, 0.25) is 5.91 Å². The monoisotopic (exact) mass is 221 g/mol. The van der Waals surface area contributed by atoms with Crippen molar-refractivity contribution in [2.45, 2.75) is 13.0 Å². The molecule has 0 aromatic carbocycles. The van der Waals surface area contributed by atoms with Gasteiger partial charge in [-0.25, -0.2) is 4.79 Å². The first kappa shape index (κ1) is 13.1. The van der Waals surface area contributed by atoms with Gasteiger partial charge in [0.05, 0.1) is 6.04 Å². The third-order valence-electron chi connectivity index (χ3n) is 1.48. The van der Waals surface area contributed by atoms with Crippen LogP contribution in [-0.2, 0) is 15.6 Å². The third kappa shape index (κ3) is 6.55. The molecule has 14 heavy (non-hydrogen) atoms. The van der Waals surface area contributed by atoms with E-state index in [4.69, 9.17) is 5.73 Å². The maximum Gasteiger partial charge on any atom is 0.318 e. The molecule has 0 radical (unpaired) electrons. The zero-order valence-corrected chi connectivity index (χ0v) is 9.02. The highest BCUT2D eigenvalue weighted by Crippen LogP contribution is 1.82. The van der Waals surface area contributed by atoms with Crippen molar-refractivity contribution in [3.63, 3.8) is 0 Å². The van der Waals surface area contributed by atoms with Crippen LogP contribution in [-0.4, -0.2) is 40.7 Å². The Labute approximate surface area is 85.1 Å². The summed E-state index contributed by atoms with van der Waals surface area (Å²) in [5.74, 6) is -0.0202. The SMILES string of the molecule is CC(NCCS(C)=O)C(=O)NC(N)=O. The molecule has 4 N–H and O–H groups in total. The number of imide groups is 1. The normalized spacial score (nSPS) is 14.4. The van der Waals surface area contributed by atoms with Crippen LogP contribution in [0.1, 0.15) is 6.92 Å². The number of urea groups is 1. The minimum absolute atomic E-state index is 0.455. The molecule has 0 saturated heterocycles. The third-order valence-corrected chi connectivity index (χ3v) is 2.26. The maximum absolute atomic E-state index is 11.1. The lowest BCUT2D eigenvalue weighted by Gasteiger charge is -2.11. The van der Waals surface area contributed by atoms with Crippen LogP contribution in [0.3, 0.4) is 0 Å². The highest BCUT2D eigenvalue weighted by molar-refractivity contribution is 7.84. The van der Waals surface area contributed by atoms with Gasteiger partial charge in [0.25, 0.3) is 0 Å². The summed E-state index contributed by atoms with van der Waals surface area (Å²) in [6, 6.07) is -1.39. The molecule has 0 aliphatic rings. The fourth-order valence-electron chi connectivity index (χ4n) is 0.742. The zero-order valence-electron chi connectivity index (χ0n) is 8.20. The number of primary amides is 1. The number of hydrogen-bond donors (Lipinski definition) is 3. The van der Waals surface area contributed by atoms with Gasteiger partial charge in [-0.2, -0.15) is 0 Å². The van der Waals surface area contributed by atoms with Gasteiger partial charge in [-0.3, -0.25) is 14.3 Å². The number of rotatable bonds is 5. The molecule has 2 unspecified atom stereocenters. The Hall–Kier alpha value is -0.950. The molecule has 0 bridgehead atoms. The van der Waals surface area contributed by atoms with Crippen LogP contribution in [0.25, 0.3) is 0 Å². The van der Waals surface area contributed by atoms with E-state index in [1.807, 2.05) is 5.32 Å². The van der Waals surface area contributed by atoms with Gasteiger partial charge in [0.15, 0.2) is 0 Å². The molecule has 0 aromatic heterocycles. The molecule has 6 nitrogen and oxygen atoms in total. The Balaban J connectivity index is 3.72. The number of amides is 3. The van der Waals surface area contributed by atoms with Crippen molar-refractivity contribution in [3.05, 3.63) is 0 Å². The number of hydrogen-bond acceptors (Lipinski definition) is 4. The van der Waals surface area contributed by atoms with E-state index in [0.29, 0.717) is 12.3 Å². The summed E-state index contributed by atoms with van der Waals surface area (Å²) >= 11 is 0. The van der Waals surface area contributed by atoms with Crippen molar-refractivity contribution in [1.29, 1.82) is 0 Å². The van der Waals surface area contributed by atoms with Crippen molar-refractivity contribution in [3.8, 4) is 0 Å². The van der Waals surface area contributed by atoms with Gasteiger partial charge in [0, 0.05) is 29.4 Å². The summed E-state index contributed by atoms with van der Waals surface area (Å²) in [5, 5.41) is 4.75. The molecule has 0 heterocycles. The Morgan fingerprint density at radius 2 is 2.07 bits per heavy atom. The predicted octanol–water partition coefficient (Wildman–Crippen LogP) is -1.46. The Kier molecular flexibility index (Phi) is 6.06. The van der Waals surface area contributed by atoms with Crippen LogP contribution < -0.4 is 16.4 Å². The minimum atomic E-state index is -0.892. The van der Waals surface area contributed by atoms with Crippen molar-refractivity contribution in [2.75, 3.05) is 18.6 Å². The van der Waals surface area contributed by atoms with Gasteiger partial charge in [-0.15, -0.1) is 0 Å². The first-order chi connectivity index (χ1) is 6.43. The molecule has 0 aliphatic heterocycles. The van der Waals surface area contributed by atoms with Crippen molar-refractivity contribution in [2.24, 2.45) is 5.73 Å². The standard InChI is InChI=1S/C7H15N3O3S/c1-5(6(11)10-7(8)12)9-3-4-14(2)13/h5,9H,3-4H2,1-2H3,(H3,8,10,11,12). The second kappa shape index (κ2) is 6.50. The first-order valence-corrected chi connectivity index (χ1v) is 5.80. The topological polar surface area (TPSA) is 101 Å². The lowest BCUT2D eigenvalue weighted by atomic mass is 10.3. The van der Waals surface area contributed by atoms with Crippen LogP contribution >= 0.6 is 0 Å². The van der Waals surface area contributed by atoms with Crippen LogP contribution in [0.5, 0.6) is 0 Å². The Morgan fingerprint density at radius 3 is 2.50 bits per heavy atom. The first-order valence-electron chi connectivity index (χ1n) is 4.07. The van der Waals surface area contributed by atoms with E-state index in [-0.39, 0.29) is 0 Å². The highest BCUT2D eigenvalue weighted by Gasteiger charge is 2.12. The van der Waals surface area contributed by atoms with E-state index in [9.17, 15) is 13.8 Å². The van der Waals surface area contributed by atoms with Gasteiger partial charge in [0.1, 0.15) is 0 Å². The average Bonchev–Trinajstić information content (AvgIpc) is 2.01. The summed E-state index contributed by atoms with van der Waals surface area (Å²) in [7, 11) is -0.892. The molecule has 2 atom stereocenters. The second-order valence-corrected chi connectivity index (χ2v) is 4.36. The molecule has 0 saturated carbocycles. The van der Waals surface area contributed by atoms with E-state index >= 15 is 0 Å². The smallest absolute Gasteiger partial charge is 0.318 e. The molecular weight excluding hydrogens is 206 g/mol. The molecule has 0 fully saturated rings. The molecule has 0 aliphatic carbocycles. The summed E-state index contributed by atoms with van der Waals surface area (Å²) in [6.45, 7) is 2.05. The van der Waals surface area contributed by atoms with Gasteiger partial charge >= 0.3 is 6.03 Å². The van der Waals surface area contributed by atoms with Crippen molar-refractivity contribution < 1.29 is 13.8 Å². The highest BCUT2D eigenvalue weighted by atomic mass is 32.2. The molecule has 0 rings (SSSR count). The lowest BCUT2D eigenvalue weighted by molar-refractivity contribution is -0.121. The summed E-state index contributed by atoms with van der Waals surface area (Å²) < 4.78 is 10.7. The van der Waals surface area contributed by atoms with E-state index in [0.717, 1.165) is 0 Å². The van der Waals surface area contributed by atoms with Gasteiger partial charge in [-0.1, -0.05) is 0 Å².